The summed E-state index contributed by atoms with van der Waals surface area (Å²) in [6.45, 7) is 0.548. The van der Waals surface area contributed by atoms with Gasteiger partial charge < -0.3 is 20.7 Å². The minimum Gasteiger partial charge on any atom is -0.480 e. The Balaban J connectivity index is 1.90. The monoisotopic (exact) mass is 309 g/mol. The molecule has 120 valence electrons. The van der Waals surface area contributed by atoms with Gasteiger partial charge in [0.25, 0.3) is 0 Å². The first-order chi connectivity index (χ1) is 10.5. The first-order valence-electron chi connectivity index (χ1n) is 7.38. The van der Waals surface area contributed by atoms with Gasteiger partial charge in [-0.2, -0.15) is 4.79 Å². The maximum absolute atomic E-state index is 12.2. The molecule has 0 aromatic carbocycles. The Morgan fingerprint density at radius 2 is 2.18 bits per heavy atom. The number of nitrogens with zero attached hydrogens (tertiary/aromatic N) is 2. The summed E-state index contributed by atoms with van der Waals surface area (Å²) < 4.78 is 5.50. The number of carboxylic acids is 1. The summed E-state index contributed by atoms with van der Waals surface area (Å²) >= 11 is 0. The molecule has 3 unspecified atom stereocenters. The number of hydrogen-bond donors (Lipinski definition) is 2. The Hall–Kier alpha value is -2.05. The number of aliphatic carboxylic acids is 1. The van der Waals surface area contributed by atoms with E-state index in [0.717, 1.165) is 19.3 Å². The lowest BCUT2D eigenvalue weighted by atomic mass is 9.93. The zero-order valence-corrected chi connectivity index (χ0v) is 12.1. The van der Waals surface area contributed by atoms with Gasteiger partial charge in [-0.1, -0.05) is 6.42 Å². The minimum absolute atomic E-state index is 0.0628. The Labute approximate surface area is 127 Å². The summed E-state index contributed by atoms with van der Waals surface area (Å²) in [5.74, 6) is -1.58. The number of ether oxygens (including phenoxy) is 1. The van der Waals surface area contributed by atoms with E-state index in [1.165, 1.54) is 0 Å². The fraction of sp³-hybridized carbons (Fsp3) is 0.714. The molecular formula is C14H19N3O5. The van der Waals surface area contributed by atoms with Crippen LogP contribution in [-0.2, 0) is 19.1 Å². The molecule has 0 radical (unpaired) electrons. The lowest BCUT2D eigenvalue weighted by molar-refractivity contribution is -0.144. The van der Waals surface area contributed by atoms with Crippen molar-refractivity contribution in [3.8, 4) is 0 Å². The molecule has 1 amide bonds. The van der Waals surface area contributed by atoms with Crippen LogP contribution in [0.15, 0.2) is 0 Å². The van der Waals surface area contributed by atoms with Gasteiger partial charge in [0.1, 0.15) is 12.1 Å². The maximum Gasteiger partial charge on any atom is 0.326 e. The van der Waals surface area contributed by atoms with Crippen molar-refractivity contribution in [1.82, 2.24) is 5.32 Å². The molecule has 1 heterocycles. The van der Waals surface area contributed by atoms with Crippen LogP contribution < -0.4 is 5.32 Å². The van der Waals surface area contributed by atoms with Gasteiger partial charge in [-0.05, 0) is 31.1 Å². The van der Waals surface area contributed by atoms with Gasteiger partial charge in [0.2, 0.25) is 11.7 Å². The molecule has 22 heavy (non-hydrogen) atoms. The van der Waals surface area contributed by atoms with Crippen LogP contribution in [-0.4, -0.2) is 52.5 Å². The van der Waals surface area contributed by atoms with Crippen molar-refractivity contribution in [3.63, 3.8) is 0 Å². The Morgan fingerprint density at radius 1 is 1.41 bits per heavy atom. The Kier molecular flexibility index (Phi) is 5.41. The summed E-state index contributed by atoms with van der Waals surface area (Å²) in [4.78, 5) is 37.2. The minimum atomic E-state index is -1.21. The zero-order chi connectivity index (χ0) is 16.1. The van der Waals surface area contributed by atoms with Crippen molar-refractivity contribution in [3.05, 3.63) is 5.53 Å². The molecule has 1 saturated carbocycles. The average molecular weight is 309 g/mol. The molecule has 2 N–H and O–H groups in total. The summed E-state index contributed by atoms with van der Waals surface area (Å²) in [6, 6.07) is -1.16. The SMILES string of the molecule is [N-]=[N+]=CC(=O)CC[C@H](NC(=O)C1OCC2CCCC21)C(=O)O. The standard InChI is InChI=1S/C14H19N3O5/c15-16-6-9(18)4-5-11(14(20)21)17-13(19)12-10-3-1-2-8(10)7-22-12/h6,8,10-12H,1-5,7H2,(H,17,19)(H,20,21)/t8?,10?,11-,12?/m0/s1. The summed E-state index contributed by atoms with van der Waals surface area (Å²) in [5, 5.41) is 11.6. The number of Topliss-reactive ketones (excluding diaryl/α,β-unsaturated/α-hetero) is 1. The van der Waals surface area contributed by atoms with Gasteiger partial charge in [0, 0.05) is 6.42 Å². The molecule has 2 rings (SSSR count). The highest BCUT2D eigenvalue weighted by molar-refractivity contribution is 6.25. The second-order valence-corrected chi connectivity index (χ2v) is 5.76. The van der Waals surface area contributed by atoms with E-state index in [1.807, 2.05) is 0 Å². The van der Waals surface area contributed by atoms with Crippen molar-refractivity contribution in [2.45, 2.75) is 44.2 Å². The topological polar surface area (TPSA) is 129 Å². The van der Waals surface area contributed by atoms with Crippen molar-refractivity contribution in [2.75, 3.05) is 6.61 Å². The summed E-state index contributed by atoms with van der Waals surface area (Å²) in [7, 11) is 0. The highest BCUT2D eigenvalue weighted by Crippen LogP contribution is 2.40. The second kappa shape index (κ2) is 7.29. The van der Waals surface area contributed by atoms with Crippen molar-refractivity contribution in [1.29, 1.82) is 0 Å². The fourth-order valence-electron chi connectivity index (χ4n) is 3.22. The lowest BCUT2D eigenvalue weighted by Crippen LogP contribution is -2.47. The van der Waals surface area contributed by atoms with Gasteiger partial charge in [-0.15, -0.1) is 0 Å². The van der Waals surface area contributed by atoms with Crippen LogP contribution in [0.5, 0.6) is 0 Å². The largest absolute Gasteiger partial charge is 0.480 e. The highest BCUT2D eigenvalue weighted by atomic mass is 16.5. The van der Waals surface area contributed by atoms with E-state index in [4.69, 9.17) is 15.4 Å². The molecule has 2 fully saturated rings. The molecule has 0 bridgehead atoms. The van der Waals surface area contributed by atoms with Crippen LogP contribution >= 0.6 is 0 Å². The number of rotatable bonds is 7. The van der Waals surface area contributed by atoms with Crippen molar-refractivity contribution in [2.24, 2.45) is 11.8 Å². The number of ketones is 1. The number of carbonyl (C=O) groups is 3. The third kappa shape index (κ3) is 3.78. The molecule has 8 heteroatoms. The van der Waals surface area contributed by atoms with E-state index in [0.29, 0.717) is 18.7 Å². The molecule has 0 spiro atoms. The zero-order valence-electron chi connectivity index (χ0n) is 12.1. The molecule has 1 saturated heterocycles. The average Bonchev–Trinajstić information content (AvgIpc) is 3.05. The van der Waals surface area contributed by atoms with Crippen LogP contribution in [0.2, 0.25) is 0 Å². The van der Waals surface area contributed by atoms with Crippen molar-refractivity contribution >= 4 is 23.9 Å². The number of nitrogens with one attached hydrogen (secondary N) is 1. The third-order valence-electron chi connectivity index (χ3n) is 4.35. The molecule has 0 aromatic rings. The normalized spacial score (nSPS) is 27.5. The van der Waals surface area contributed by atoms with E-state index in [2.05, 4.69) is 10.1 Å². The number of hydrogen-bond acceptors (Lipinski definition) is 4. The predicted octanol–water partition coefficient (Wildman–Crippen LogP) is 0.0208. The predicted molar refractivity (Wildman–Crippen MR) is 74.1 cm³/mol. The smallest absolute Gasteiger partial charge is 0.326 e. The van der Waals surface area contributed by atoms with E-state index >= 15 is 0 Å². The molecular weight excluding hydrogens is 290 g/mol. The van der Waals surface area contributed by atoms with E-state index in [-0.39, 0.29) is 18.8 Å². The number of fused-ring (bicyclic) bond motifs is 1. The van der Waals surface area contributed by atoms with Gasteiger partial charge >= 0.3 is 12.2 Å². The van der Waals surface area contributed by atoms with E-state index in [1.54, 1.807) is 0 Å². The van der Waals surface area contributed by atoms with Gasteiger partial charge in [-0.25, -0.2) is 4.79 Å². The molecule has 1 aliphatic heterocycles. The van der Waals surface area contributed by atoms with Gasteiger partial charge in [-0.3, -0.25) is 9.59 Å². The number of carbonyl (C=O) groups excluding carboxylic acids is 2. The summed E-state index contributed by atoms with van der Waals surface area (Å²) in [6.07, 6.45) is 2.97. The highest BCUT2D eigenvalue weighted by Gasteiger charge is 2.44. The number of carboxylic acid groups (broad SMARTS) is 1. The van der Waals surface area contributed by atoms with E-state index < -0.39 is 29.8 Å². The fourth-order valence-corrected chi connectivity index (χ4v) is 3.22. The maximum atomic E-state index is 12.2. The number of amides is 1. The van der Waals surface area contributed by atoms with Crippen molar-refractivity contribution < 1.29 is 29.0 Å². The van der Waals surface area contributed by atoms with Gasteiger partial charge in [0.15, 0.2) is 0 Å². The first-order valence-corrected chi connectivity index (χ1v) is 7.38. The molecule has 4 atom stereocenters. The molecule has 0 aromatic heterocycles. The lowest BCUT2D eigenvalue weighted by Gasteiger charge is -2.20. The molecule has 2 aliphatic rings. The third-order valence-corrected chi connectivity index (χ3v) is 4.35. The van der Waals surface area contributed by atoms with Crippen LogP contribution in [0.3, 0.4) is 0 Å². The Morgan fingerprint density at radius 3 is 2.86 bits per heavy atom. The molecule has 1 aliphatic carbocycles. The van der Waals surface area contributed by atoms with Crippen LogP contribution in [0.4, 0.5) is 0 Å². The van der Waals surface area contributed by atoms with Crippen LogP contribution in [0.25, 0.3) is 5.53 Å². The molecule has 8 nitrogen and oxygen atoms in total. The van der Waals surface area contributed by atoms with Gasteiger partial charge in [0.05, 0.1) is 6.61 Å². The quantitative estimate of drug-likeness (QED) is 0.389. The Bertz CT molecular complexity index is 515. The second-order valence-electron chi connectivity index (χ2n) is 5.76. The first kappa shape index (κ1) is 16.3. The summed E-state index contributed by atoms with van der Waals surface area (Å²) in [5.41, 5.74) is 8.23. The van der Waals surface area contributed by atoms with Crippen LogP contribution in [0, 0.1) is 11.8 Å². The van der Waals surface area contributed by atoms with Crippen LogP contribution in [0.1, 0.15) is 32.1 Å². The van der Waals surface area contributed by atoms with E-state index in [9.17, 15) is 14.4 Å².